The van der Waals surface area contributed by atoms with Gasteiger partial charge >= 0.3 is 0 Å². The second-order valence-electron chi connectivity index (χ2n) is 4.60. The van der Waals surface area contributed by atoms with Crippen molar-refractivity contribution < 1.29 is 14.5 Å². The average Bonchev–Trinajstić information content (AvgIpc) is 2.42. The van der Waals surface area contributed by atoms with Gasteiger partial charge in [0.25, 0.3) is 11.6 Å². The fourth-order valence-corrected chi connectivity index (χ4v) is 1.78. The van der Waals surface area contributed by atoms with Crippen molar-refractivity contribution in [2.45, 2.75) is 13.8 Å². The Morgan fingerprint density at radius 1 is 1.29 bits per heavy atom. The van der Waals surface area contributed by atoms with Crippen LogP contribution in [0.2, 0.25) is 5.02 Å². The number of benzene rings is 1. The van der Waals surface area contributed by atoms with Gasteiger partial charge in [0.2, 0.25) is 5.91 Å². The molecule has 2 amide bonds. The smallest absolute Gasteiger partial charge is 0.288 e. The molecule has 0 saturated carbocycles. The van der Waals surface area contributed by atoms with Crippen LogP contribution < -0.4 is 10.6 Å². The molecule has 1 aromatic rings. The third-order valence-corrected chi connectivity index (χ3v) is 3.05. The van der Waals surface area contributed by atoms with Gasteiger partial charge in [-0.15, -0.1) is 0 Å². The van der Waals surface area contributed by atoms with Crippen LogP contribution in [0.3, 0.4) is 0 Å². The molecular formula is C13H16ClN3O4. The SMILES string of the molecule is CC(C)C(=O)NCCNC(=O)c1cccc([N+](=O)[O-])c1Cl. The summed E-state index contributed by atoms with van der Waals surface area (Å²) in [6.45, 7) is 4.00. The Morgan fingerprint density at radius 2 is 1.90 bits per heavy atom. The van der Waals surface area contributed by atoms with E-state index < -0.39 is 10.8 Å². The first-order valence-corrected chi connectivity index (χ1v) is 6.71. The molecule has 1 rings (SSSR count). The normalized spacial score (nSPS) is 10.3. The van der Waals surface area contributed by atoms with E-state index in [1.54, 1.807) is 13.8 Å². The number of nitro groups is 1. The van der Waals surface area contributed by atoms with E-state index in [4.69, 9.17) is 11.6 Å². The lowest BCUT2D eigenvalue weighted by Gasteiger charge is -2.09. The molecule has 114 valence electrons. The minimum atomic E-state index is -0.651. The van der Waals surface area contributed by atoms with E-state index in [-0.39, 0.29) is 41.2 Å². The van der Waals surface area contributed by atoms with Crippen molar-refractivity contribution in [3.05, 3.63) is 38.9 Å². The molecule has 0 unspecified atom stereocenters. The van der Waals surface area contributed by atoms with Crippen LogP contribution in [0.25, 0.3) is 0 Å². The van der Waals surface area contributed by atoms with Gasteiger partial charge in [0.1, 0.15) is 5.02 Å². The molecule has 0 aliphatic heterocycles. The van der Waals surface area contributed by atoms with Gasteiger partial charge in [-0.2, -0.15) is 0 Å². The number of nitrogens with zero attached hydrogens (tertiary/aromatic N) is 1. The molecule has 0 bridgehead atoms. The quantitative estimate of drug-likeness (QED) is 0.474. The summed E-state index contributed by atoms with van der Waals surface area (Å²) in [5.74, 6) is -0.771. The van der Waals surface area contributed by atoms with Gasteiger partial charge in [-0.1, -0.05) is 31.5 Å². The van der Waals surface area contributed by atoms with Gasteiger partial charge in [0.15, 0.2) is 0 Å². The Labute approximate surface area is 126 Å². The van der Waals surface area contributed by atoms with Crippen molar-refractivity contribution >= 4 is 29.1 Å². The highest BCUT2D eigenvalue weighted by molar-refractivity contribution is 6.35. The second-order valence-corrected chi connectivity index (χ2v) is 4.98. The molecular weight excluding hydrogens is 298 g/mol. The largest absolute Gasteiger partial charge is 0.354 e. The van der Waals surface area contributed by atoms with Gasteiger partial charge in [-0.25, -0.2) is 0 Å². The van der Waals surface area contributed by atoms with E-state index in [1.165, 1.54) is 18.2 Å². The maximum Gasteiger partial charge on any atom is 0.288 e. The highest BCUT2D eigenvalue weighted by Crippen LogP contribution is 2.27. The summed E-state index contributed by atoms with van der Waals surface area (Å²) < 4.78 is 0. The molecule has 0 heterocycles. The van der Waals surface area contributed by atoms with E-state index in [9.17, 15) is 19.7 Å². The summed E-state index contributed by atoms with van der Waals surface area (Å²) in [6.07, 6.45) is 0. The van der Waals surface area contributed by atoms with Crippen LogP contribution in [-0.4, -0.2) is 29.8 Å². The topological polar surface area (TPSA) is 101 Å². The Bertz CT molecular complexity index is 560. The lowest BCUT2D eigenvalue weighted by Crippen LogP contribution is -2.36. The molecule has 0 atom stereocenters. The van der Waals surface area contributed by atoms with Crippen LogP contribution >= 0.6 is 11.6 Å². The zero-order chi connectivity index (χ0) is 16.0. The van der Waals surface area contributed by atoms with Gasteiger partial charge in [-0.3, -0.25) is 19.7 Å². The number of nitro benzene ring substituents is 1. The maximum absolute atomic E-state index is 11.9. The summed E-state index contributed by atoms with van der Waals surface area (Å²) in [7, 11) is 0. The van der Waals surface area contributed by atoms with Crippen molar-refractivity contribution in [3.63, 3.8) is 0 Å². The monoisotopic (exact) mass is 313 g/mol. The number of rotatable bonds is 6. The van der Waals surface area contributed by atoms with Gasteiger partial charge in [0.05, 0.1) is 10.5 Å². The van der Waals surface area contributed by atoms with E-state index in [1.807, 2.05) is 0 Å². The Kier molecular flexibility index (Phi) is 6.10. The summed E-state index contributed by atoms with van der Waals surface area (Å²) in [6, 6.07) is 4.01. The van der Waals surface area contributed by atoms with Crippen LogP contribution in [0.4, 0.5) is 5.69 Å². The van der Waals surface area contributed by atoms with Crippen LogP contribution in [0.15, 0.2) is 18.2 Å². The number of hydrogen-bond acceptors (Lipinski definition) is 4. The highest BCUT2D eigenvalue weighted by atomic mass is 35.5. The summed E-state index contributed by atoms with van der Waals surface area (Å²) in [4.78, 5) is 33.3. The van der Waals surface area contributed by atoms with Crippen molar-refractivity contribution in [1.82, 2.24) is 10.6 Å². The fourth-order valence-electron chi connectivity index (χ4n) is 1.50. The van der Waals surface area contributed by atoms with Crippen LogP contribution in [-0.2, 0) is 4.79 Å². The first-order valence-electron chi connectivity index (χ1n) is 6.33. The molecule has 0 aromatic heterocycles. The van der Waals surface area contributed by atoms with Crippen molar-refractivity contribution in [1.29, 1.82) is 0 Å². The molecule has 8 heteroatoms. The number of carbonyl (C=O) groups excluding carboxylic acids is 2. The number of hydrogen-bond donors (Lipinski definition) is 2. The van der Waals surface area contributed by atoms with Gasteiger partial charge < -0.3 is 10.6 Å². The number of halogens is 1. The molecule has 7 nitrogen and oxygen atoms in total. The zero-order valence-electron chi connectivity index (χ0n) is 11.7. The molecule has 0 aliphatic rings. The minimum absolute atomic E-state index is 0.0288. The fraction of sp³-hybridized carbons (Fsp3) is 0.385. The number of nitrogens with one attached hydrogen (secondary N) is 2. The predicted octanol–water partition coefficient (Wildman–Crippen LogP) is 1.75. The molecule has 0 radical (unpaired) electrons. The molecule has 0 spiro atoms. The third-order valence-electron chi connectivity index (χ3n) is 2.65. The van der Waals surface area contributed by atoms with Gasteiger partial charge in [0, 0.05) is 25.1 Å². The Balaban J connectivity index is 2.59. The van der Waals surface area contributed by atoms with E-state index in [2.05, 4.69) is 10.6 Å². The summed E-state index contributed by atoms with van der Waals surface area (Å²) >= 11 is 5.83. The molecule has 0 aliphatic carbocycles. The standard InChI is InChI=1S/C13H16ClN3O4/c1-8(2)12(18)15-6-7-16-13(19)9-4-3-5-10(11(9)14)17(20)21/h3-5,8H,6-7H2,1-2H3,(H,15,18)(H,16,19). The Hall–Kier alpha value is -2.15. The molecule has 0 fully saturated rings. The zero-order valence-corrected chi connectivity index (χ0v) is 12.4. The van der Waals surface area contributed by atoms with E-state index in [0.29, 0.717) is 0 Å². The second kappa shape index (κ2) is 7.58. The van der Waals surface area contributed by atoms with Crippen LogP contribution in [0.1, 0.15) is 24.2 Å². The predicted molar refractivity (Wildman–Crippen MR) is 78.3 cm³/mol. The average molecular weight is 314 g/mol. The molecule has 21 heavy (non-hydrogen) atoms. The van der Waals surface area contributed by atoms with Crippen molar-refractivity contribution in [2.24, 2.45) is 5.92 Å². The van der Waals surface area contributed by atoms with Gasteiger partial charge in [-0.05, 0) is 6.07 Å². The highest BCUT2D eigenvalue weighted by Gasteiger charge is 2.19. The van der Waals surface area contributed by atoms with Crippen molar-refractivity contribution in [3.8, 4) is 0 Å². The minimum Gasteiger partial charge on any atom is -0.354 e. The lowest BCUT2D eigenvalue weighted by molar-refractivity contribution is -0.384. The molecule has 0 saturated heterocycles. The first-order chi connectivity index (χ1) is 9.84. The third kappa shape index (κ3) is 4.71. The van der Waals surface area contributed by atoms with Crippen LogP contribution in [0.5, 0.6) is 0 Å². The lowest BCUT2D eigenvalue weighted by atomic mass is 10.2. The molecule has 1 aromatic carbocycles. The van der Waals surface area contributed by atoms with E-state index in [0.717, 1.165) is 0 Å². The summed E-state index contributed by atoms with van der Waals surface area (Å²) in [5, 5.41) is 15.7. The van der Waals surface area contributed by atoms with Crippen molar-refractivity contribution in [2.75, 3.05) is 13.1 Å². The van der Waals surface area contributed by atoms with E-state index >= 15 is 0 Å². The maximum atomic E-state index is 11.9. The number of carbonyl (C=O) groups is 2. The van der Waals surface area contributed by atoms with Crippen LogP contribution in [0, 0.1) is 16.0 Å². The first kappa shape index (κ1) is 16.9. The number of amides is 2. The summed E-state index contributed by atoms with van der Waals surface area (Å²) in [5.41, 5.74) is -0.293. The Morgan fingerprint density at radius 3 is 2.48 bits per heavy atom. The molecule has 2 N–H and O–H groups in total.